The van der Waals surface area contributed by atoms with Gasteiger partial charge in [0.2, 0.25) is 10.0 Å². The van der Waals surface area contributed by atoms with Gasteiger partial charge in [0.05, 0.1) is 15.5 Å². The minimum atomic E-state index is -3.88. The van der Waals surface area contributed by atoms with Gasteiger partial charge in [-0.05, 0) is 52.9 Å². The van der Waals surface area contributed by atoms with E-state index in [-0.39, 0.29) is 22.0 Å². The van der Waals surface area contributed by atoms with Gasteiger partial charge in [0.15, 0.2) is 0 Å². The van der Waals surface area contributed by atoms with Crippen molar-refractivity contribution in [2.75, 3.05) is 11.3 Å². The number of anilines is 1. The number of nitrogens with one attached hydrogen (secondary N) is 2. The normalized spacial score (nSPS) is 12.0. The standard InChI is InChI=1S/C15H16N6O4S2/c1-2-17-26(22,23)14-8-6-12(7-9-14)18-27(24,25)15-5-3-4-13(10-15)21-11-16-19-20-21/h3-11,17-18H,2H2,1H3. The van der Waals surface area contributed by atoms with E-state index in [1.807, 2.05) is 0 Å². The van der Waals surface area contributed by atoms with Gasteiger partial charge >= 0.3 is 0 Å². The van der Waals surface area contributed by atoms with E-state index in [1.54, 1.807) is 19.1 Å². The molecule has 0 radical (unpaired) electrons. The second kappa shape index (κ2) is 7.42. The van der Waals surface area contributed by atoms with Crippen LogP contribution in [0.3, 0.4) is 0 Å². The highest BCUT2D eigenvalue weighted by molar-refractivity contribution is 7.92. The molecule has 2 N–H and O–H groups in total. The van der Waals surface area contributed by atoms with Crippen LogP contribution >= 0.6 is 0 Å². The molecule has 10 nitrogen and oxygen atoms in total. The van der Waals surface area contributed by atoms with Crippen molar-refractivity contribution in [3.8, 4) is 5.69 Å². The molecule has 12 heteroatoms. The van der Waals surface area contributed by atoms with Crippen LogP contribution in [0.15, 0.2) is 64.6 Å². The quantitative estimate of drug-likeness (QED) is 0.589. The van der Waals surface area contributed by atoms with Crippen LogP contribution in [0.2, 0.25) is 0 Å². The second-order valence-electron chi connectivity index (χ2n) is 5.38. The Bertz CT molecular complexity index is 1130. The van der Waals surface area contributed by atoms with Crippen LogP contribution in [0.25, 0.3) is 5.69 Å². The number of rotatable bonds is 7. The summed E-state index contributed by atoms with van der Waals surface area (Å²) in [7, 11) is -7.48. The highest BCUT2D eigenvalue weighted by atomic mass is 32.2. The fourth-order valence-corrected chi connectivity index (χ4v) is 4.40. The van der Waals surface area contributed by atoms with Crippen molar-refractivity contribution in [1.29, 1.82) is 0 Å². The van der Waals surface area contributed by atoms with Gasteiger partial charge in [-0.1, -0.05) is 13.0 Å². The van der Waals surface area contributed by atoms with Gasteiger partial charge in [-0.15, -0.1) is 5.10 Å². The van der Waals surface area contributed by atoms with Crippen LogP contribution in [0.5, 0.6) is 0 Å². The third-order valence-electron chi connectivity index (χ3n) is 3.49. The first-order valence-electron chi connectivity index (χ1n) is 7.78. The lowest BCUT2D eigenvalue weighted by Gasteiger charge is -2.10. The molecule has 0 saturated heterocycles. The predicted molar refractivity (Wildman–Crippen MR) is 97.3 cm³/mol. The number of tetrazole rings is 1. The Morgan fingerprint density at radius 3 is 2.33 bits per heavy atom. The summed E-state index contributed by atoms with van der Waals surface area (Å²) in [6, 6.07) is 11.5. The Hall–Kier alpha value is -2.83. The van der Waals surface area contributed by atoms with Crippen molar-refractivity contribution in [1.82, 2.24) is 24.9 Å². The Balaban J connectivity index is 1.84. The van der Waals surface area contributed by atoms with E-state index >= 15 is 0 Å². The Kier molecular flexibility index (Phi) is 5.21. The second-order valence-corrected chi connectivity index (χ2v) is 8.83. The summed E-state index contributed by atoms with van der Waals surface area (Å²) >= 11 is 0. The molecule has 0 spiro atoms. The van der Waals surface area contributed by atoms with Crippen molar-refractivity contribution < 1.29 is 16.8 Å². The monoisotopic (exact) mass is 408 g/mol. The van der Waals surface area contributed by atoms with Crippen molar-refractivity contribution in [2.45, 2.75) is 16.7 Å². The molecule has 0 amide bonds. The Morgan fingerprint density at radius 2 is 1.70 bits per heavy atom. The van der Waals surface area contributed by atoms with Crippen molar-refractivity contribution in [2.24, 2.45) is 0 Å². The lowest BCUT2D eigenvalue weighted by Crippen LogP contribution is -2.23. The van der Waals surface area contributed by atoms with E-state index in [4.69, 9.17) is 0 Å². The summed E-state index contributed by atoms with van der Waals surface area (Å²) < 4.78 is 55.2. The highest BCUT2D eigenvalue weighted by Crippen LogP contribution is 2.20. The van der Waals surface area contributed by atoms with Crippen molar-refractivity contribution >= 4 is 25.7 Å². The molecule has 3 aromatic rings. The average molecular weight is 408 g/mol. The molecule has 142 valence electrons. The van der Waals surface area contributed by atoms with Crippen LogP contribution in [0.1, 0.15) is 6.92 Å². The largest absolute Gasteiger partial charge is 0.280 e. The van der Waals surface area contributed by atoms with E-state index in [9.17, 15) is 16.8 Å². The smallest absolute Gasteiger partial charge is 0.261 e. The molecule has 0 aliphatic rings. The molecule has 0 fully saturated rings. The van der Waals surface area contributed by atoms with Crippen LogP contribution in [-0.2, 0) is 20.0 Å². The average Bonchev–Trinajstić information content (AvgIpc) is 3.17. The first-order chi connectivity index (χ1) is 12.8. The zero-order chi connectivity index (χ0) is 19.5. The van der Waals surface area contributed by atoms with E-state index < -0.39 is 20.0 Å². The molecule has 27 heavy (non-hydrogen) atoms. The Labute approximate surface area is 156 Å². The SMILES string of the molecule is CCNS(=O)(=O)c1ccc(NS(=O)(=O)c2cccc(-n3cnnn3)c2)cc1. The first kappa shape index (κ1) is 18.9. The third kappa shape index (κ3) is 4.30. The number of hydrogen-bond acceptors (Lipinski definition) is 7. The minimum Gasteiger partial charge on any atom is -0.280 e. The fourth-order valence-electron chi connectivity index (χ4n) is 2.26. The first-order valence-corrected chi connectivity index (χ1v) is 10.7. The zero-order valence-corrected chi connectivity index (χ0v) is 15.8. The van der Waals surface area contributed by atoms with E-state index in [0.29, 0.717) is 5.69 Å². The molecule has 0 saturated carbocycles. The van der Waals surface area contributed by atoms with Crippen molar-refractivity contribution in [3.05, 3.63) is 54.9 Å². The third-order valence-corrected chi connectivity index (χ3v) is 6.43. The summed E-state index contributed by atoms with van der Waals surface area (Å²) in [5, 5.41) is 10.7. The number of nitrogens with zero attached hydrogens (tertiary/aromatic N) is 4. The molecule has 1 heterocycles. The van der Waals surface area contributed by atoms with Gasteiger partial charge in [-0.3, -0.25) is 4.72 Å². The molecule has 2 aromatic carbocycles. The lowest BCUT2D eigenvalue weighted by molar-refractivity contribution is 0.584. The predicted octanol–water partition coefficient (Wildman–Crippen LogP) is 0.761. The van der Waals surface area contributed by atoms with E-state index in [1.165, 1.54) is 47.4 Å². The lowest BCUT2D eigenvalue weighted by atomic mass is 10.3. The number of hydrogen-bond donors (Lipinski definition) is 2. The molecule has 0 atom stereocenters. The summed E-state index contributed by atoms with van der Waals surface area (Å²) in [5.74, 6) is 0. The maximum atomic E-state index is 12.6. The maximum Gasteiger partial charge on any atom is 0.261 e. The number of sulfonamides is 2. The number of aromatic nitrogens is 4. The fraction of sp³-hybridized carbons (Fsp3) is 0.133. The molecule has 0 unspecified atom stereocenters. The van der Waals surface area contributed by atoms with Crippen LogP contribution in [0, 0.1) is 0 Å². The summed E-state index contributed by atoms with van der Waals surface area (Å²) in [5.41, 5.74) is 0.716. The molecule has 0 aliphatic carbocycles. The minimum absolute atomic E-state index is 0.0137. The zero-order valence-electron chi connectivity index (χ0n) is 14.1. The van der Waals surface area contributed by atoms with Crippen LogP contribution in [0.4, 0.5) is 5.69 Å². The van der Waals surface area contributed by atoms with Gasteiger partial charge in [0.1, 0.15) is 6.33 Å². The van der Waals surface area contributed by atoms with E-state index in [0.717, 1.165) is 0 Å². The molecular formula is C15H16N6O4S2. The van der Waals surface area contributed by atoms with Gasteiger partial charge in [-0.2, -0.15) is 0 Å². The summed E-state index contributed by atoms with van der Waals surface area (Å²) in [6.45, 7) is 1.93. The van der Waals surface area contributed by atoms with Crippen molar-refractivity contribution in [3.63, 3.8) is 0 Å². The summed E-state index contributed by atoms with van der Waals surface area (Å²) in [6.07, 6.45) is 1.35. The van der Waals surface area contributed by atoms with Crippen LogP contribution in [-0.4, -0.2) is 43.6 Å². The molecule has 3 rings (SSSR count). The summed E-state index contributed by atoms with van der Waals surface area (Å²) in [4.78, 5) is 0.0628. The molecule has 0 aliphatic heterocycles. The van der Waals surface area contributed by atoms with Gasteiger partial charge in [-0.25, -0.2) is 26.2 Å². The van der Waals surface area contributed by atoms with Gasteiger partial charge in [0, 0.05) is 12.2 Å². The molecule has 0 bridgehead atoms. The molecular weight excluding hydrogens is 392 g/mol. The Morgan fingerprint density at radius 1 is 0.963 bits per heavy atom. The van der Waals surface area contributed by atoms with Gasteiger partial charge in [0.25, 0.3) is 10.0 Å². The molecule has 1 aromatic heterocycles. The van der Waals surface area contributed by atoms with Crippen LogP contribution < -0.4 is 9.44 Å². The highest BCUT2D eigenvalue weighted by Gasteiger charge is 2.17. The topological polar surface area (TPSA) is 136 Å². The maximum absolute atomic E-state index is 12.6. The number of benzene rings is 2. The van der Waals surface area contributed by atoms with E-state index in [2.05, 4.69) is 25.0 Å². The van der Waals surface area contributed by atoms with Gasteiger partial charge < -0.3 is 0 Å².